The molecule has 0 N–H and O–H groups in total. The summed E-state index contributed by atoms with van der Waals surface area (Å²) in [5, 5.41) is 8.07. The van der Waals surface area contributed by atoms with Crippen LogP contribution in [0.1, 0.15) is 35.3 Å². The molecule has 1 aliphatic rings. The molecule has 1 saturated heterocycles. The minimum Gasteiger partial charge on any atom is -0.465 e. The van der Waals surface area contributed by atoms with Crippen molar-refractivity contribution in [1.82, 2.24) is 15.0 Å². The first-order valence-electron chi connectivity index (χ1n) is 8.09. The Bertz CT molecular complexity index is 680. The first-order valence-corrected chi connectivity index (χ1v) is 8.09. The van der Waals surface area contributed by atoms with E-state index in [0.717, 1.165) is 37.3 Å². The quantitative estimate of drug-likeness (QED) is 0.755. The van der Waals surface area contributed by atoms with Gasteiger partial charge in [0.05, 0.1) is 36.9 Å². The van der Waals surface area contributed by atoms with E-state index in [0.29, 0.717) is 18.6 Å². The smallest absolute Gasteiger partial charge is 0.337 e. The molecule has 0 bridgehead atoms. The van der Waals surface area contributed by atoms with E-state index in [1.807, 2.05) is 6.07 Å². The molecule has 7 nitrogen and oxygen atoms in total. The summed E-state index contributed by atoms with van der Waals surface area (Å²) in [6.45, 7) is 1.30. The molecule has 1 aliphatic heterocycles. The normalized spacial score (nSPS) is 17.6. The first-order chi connectivity index (χ1) is 11.8. The van der Waals surface area contributed by atoms with Gasteiger partial charge in [0.1, 0.15) is 0 Å². The minimum atomic E-state index is -0.378. The van der Waals surface area contributed by atoms with Crippen LogP contribution in [0.2, 0.25) is 0 Å². The van der Waals surface area contributed by atoms with Crippen molar-refractivity contribution in [2.45, 2.75) is 32.0 Å². The van der Waals surface area contributed by atoms with E-state index in [1.54, 1.807) is 29.1 Å². The van der Waals surface area contributed by atoms with Crippen LogP contribution in [0.25, 0.3) is 5.69 Å². The number of esters is 1. The molecule has 0 saturated carbocycles. The number of benzene rings is 1. The van der Waals surface area contributed by atoms with Crippen LogP contribution in [-0.2, 0) is 20.6 Å². The van der Waals surface area contributed by atoms with Crippen LogP contribution in [0.4, 0.5) is 0 Å². The van der Waals surface area contributed by atoms with Gasteiger partial charge in [-0.2, -0.15) is 0 Å². The number of nitrogens with zero attached hydrogens (tertiary/aromatic N) is 3. The van der Waals surface area contributed by atoms with Gasteiger partial charge in [0.2, 0.25) is 0 Å². The summed E-state index contributed by atoms with van der Waals surface area (Å²) in [6.07, 6.45) is 5.45. The van der Waals surface area contributed by atoms with Crippen molar-refractivity contribution < 1.29 is 19.0 Å². The fraction of sp³-hybridized carbons (Fsp3) is 0.471. The Labute approximate surface area is 140 Å². The van der Waals surface area contributed by atoms with Crippen LogP contribution in [0.5, 0.6) is 0 Å². The van der Waals surface area contributed by atoms with Crippen LogP contribution in [0.15, 0.2) is 30.5 Å². The molecule has 2 aromatic rings. The number of hydrogen-bond acceptors (Lipinski definition) is 6. The van der Waals surface area contributed by atoms with Crippen LogP contribution < -0.4 is 0 Å². The molecule has 0 radical (unpaired) electrons. The fourth-order valence-corrected chi connectivity index (χ4v) is 2.66. The standard InChI is InChI=1S/C17H21N3O4/c1-22-17(21)13-5-4-6-14(11-13)20-15(12-18-19-20)8-10-24-16-7-2-3-9-23-16/h4-6,11-12,16H,2-3,7-10H2,1H3. The van der Waals surface area contributed by atoms with Gasteiger partial charge in [-0.25, -0.2) is 9.48 Å². The van der Waals surface area contributed by atoms with Crippen molar-refractivity contribution in [2.75, 3.05) is 20.3 Å². The number of rotatable bonds is 6. The van der Waals surface area contributed by atoms with Gasteiger partial charge >= 0.3 is 5.97 Å². The molecule has 24 heavy (non-hydrogen) atoms. The summed E-state index contributed by atoms with van der Waals surface area (Å²) in [5.41, 5.74) is 2.15. The lowest BCUT2D eigenvalue weighted by molar-refractivity contribution is -0.161. The Balaban J connectivity index is 1.65. The summed E-state index contributed by atoms with van der Waals surface area (Å²) in [7, 11) is 1.36. The van der Waals surface area contributed by atoms with E-state index < -0.39 is 0 Å². The van der Waals surface area contributed by atoms with E-state index in [2.05, 4.69) is 10.3 Å². The van der Waals surface area contributed by atoms with E-state index in [1.165, 1.54) is 7.11 Å². The average Bonchev–Trinajstić information content (AvgIpc) is 3.10. The molecule has 1 atom stereocenters. The Morgan fingerprint density at radius 1 is 1.42 bits per heavy atom. The number of methoxy groups -OCH3 is 1. The van der Waals surface area contributed by atoms with Gasteiger partial charge in [0, 0.05) is 13.0 Å². The summed E-state index contributed by atoms with van der Waals surface area (Å²) in [6, 6.07) is 7.10. The molecular formula is C17H21N3O4. The second-order valence-corrected chi connectivity index (χ2v) is 5.60. The largest absolute Gasteiger partial charge is 0.465 e. The van der Waals surface area contributed by atoms with Crippen LogP contribution in [0, 0.1) is 0 Å². The molecule has 0 aliphatic carbocycles. The lowest BCUT2D eigenvalue weighted by atomic mass is 10.2. The third kappa shape index (κ3) is 3.98. The molecule has 0 spiro atoms. The van der Waals surface area contributed by atoms with Gasteiger partial charge in [0.25, 0.3) is 0 Å². The maximum atomic E-state index is 11.7. The van der Waals surface area contributed by atoms with Crippen LogP contribution >= 0.6 is 0 Å². The van der Waals surface area contributed by atoms with E-state index in [4.69, 9.17) is 14.2 Å². The molecular weight excluding hydrogens is 310 g/mol. The van der Waals surface area contributed by atoms with Crippen LogP contribution in [-0.4, -0.2) is 47.6 Å². The van der Waals surface area contributed by atoms with Gasteiger partial charge in [-0.3, -0.25) is 0 Å². The minimum absolute atomic E-state index is 0.106. The highest BCUT2D eigenvalue weighted by Gasteiger charge is 2.15. The average molecular weight is 331 g/mol. The summed E-state index contributed by atoms with van der Waals surface area (Å²) in [4.78, 5) is 11.7. The van der Waals surface area contributed by atoms with Crippen molar-refractivity contribution in [3.63, 3.8) is 0 Å². The zero-order valence-corrected chi connectivity index (χ0v) is 13.7. The third-order valence-electron chi connectivity index (χ3n) is 3.93. The maximum Gasteiger partial charge on any atom is 0.337 e. The third-order valence-corrected chi connectivity index (χ3v) is 3.93. The highest BCUT2D eigenvalue weighted by Crippen LogP contribution is 2.16. The molecule has 1 unspecified atom stereocenters. The molecule has 1 fully saturated rings. The summed E-state index contributed by atoms with van der Waals surface area (Å²) < 4.78 is 17.8. The van der Waals surface area contributed by atoms with E-state index in [-0.39, 0.29) is 12.3 Å². The molecule has 1 aromatic carbocycles. The predicted octanol–water partition coefficient (Wildman–Crippen LogP) is 2.14. The van der Waals surface area contributed by atoms with Gasteiger partial charge in [0.15, 0.2) is 6.29 Å². The maximum absolute atomic E-state index is 11.7. The Hall–Kier alpha value is -2.25. The monoisotopic (exact) mass is 331 g/mol. The summed E-state index contributed by atoms with van der Waals surface area (Å²) in [5.74, 6) is -0.378. The first kappa shape index (κ1) is 16.6. The molecule has 128 valence electrons. The molecule has 3 rings (SSSR count). The van der Waals surface area contributed by atoms with Crippen LogP contribution in [0.3, 0.4) is 0 Å². The topological polar surface area (TPSA) is 75.5 Å². The highest BCUT2D eigenvalue weighted by atomic mass is 16.7. The lowest BCUT2D eigenvalue weighted by Gasteiger charge is -2.22. The zero-order valence-electron chi connectivity index (χ0n) is 13.7. The van der Waals surface area contributed by atoms with E-state index >= 15 is 0 Å². The number of carbonyl (C=O) groups excluding carboxylic acids is 1. The number of carbonyl (C=O) groups is 1. The molecule has 0 amide bonds. The van der Waals surface area contributed by atoms with Gasteiger partial charge in [-0.15, -0.1) is 5.10 Å². The predicted molar refractivity (Wildman–Crippen MR) is 85.9 cm³/mol. The Morgan fingerprint density at radius 3 is 3.12 bits per heavy atom. The van der Waals surface area contributed by atoms with Gasteiger partial charge in [-0.05, 0) is 37.5 Å². The second kappa shape index (κ2) is 8.03. The molecule has 2 heterocycles. The van der Waals surface area contributed by atoms with Crippen molar-refractivity contribution in [3.05, 3.63) is 41.7 Å². The molecule has 7 heteroatoms. The zero-order chi connectivity index (χ0) is 16.8. The van der Waals surface area contributed by atoms with E-state index in [9.17, 15) is 4.79 Å². The second-order valence-electron chi connectivity index (χ2n) is 5.60. The SMILES string of the molecule is COC(=O)c1cccc(-n2nncc2CCOC2CCCCO2)c1. The molecule has 1 aromatic heterocycles. The number of aromatic nitrogens is 3. The highest BCUT2D eigenvalue weighted by molar-refractivity contribution is 5.89. The van der Waals surface area contributed by atoms with Crippen molar-refractivity contribution >= 4 is 5.97 Å². The number of ether oxygens (including phenoxy) is 3. The number of hydrogen-bond donors (Lipinski definition) is 0. The summed E-state index contributed by atoms with van der Waals surface area (Å²) >= 11 is 0. The Morgan fingerprint density at radius 2 is 2.33 bits per heavy atom. The van der Waals surface area contributed by atoms with Crippen molar-refractivity contribution in [1.29, 1.82) is 0 Å². The van der Waals surface area contributed by atoms with Gasteiger partial charge in [-0.1, -0.05) is 11.3 Å². The lowest BCUT2D eigenvalue weighted by Crippen LogP contribution is -2.23. The van der Waals surface area contributed by atoms with Gasteiger partial charge < -0.3 is 14.2 Å². The van der Waals surface area contributed by atoms with Crippen molar-refractivity contribution in [2.24, 2.45) is 0 Å². The Kier molecular flexibility index (Phi) is 5.55. The fourth-order valence-electron chi connectivity index (χ4n) is 2.66. The van der Waals surface area contributed by atoms with Crippen molar-refractivity contribution in [3.8, 4) is 5.69 Å².